The van der Waals surface area contributed by atoms with E-state index in [9.17, 15) is 9.59 Å². The van der Waals surface area contributed by atoms with Gasteiger partial charge in [0.15, 0.2) is 0 Å². The lowest BCUT2D eigenvalue weighted by Crippen LogP contribution is -2.33. The molecule has 0 radical (unpaired) electrons. The minimum absolute atomic E-state index is 0.176. The quantitative estimate of drug-likeness (QED) is 0.663. The molecule has 134 valence electrons. The fraction of sp³-hybridized carbons (Fsp3) is 0.300. The van der Waals surface area contributed by atoms with Crippen LogP contribution in [0.5, 0.6) is 5.75 Å². The molecule has 2 amide bonds. The standard InChI is InChI=1S/C20H20N2O3S/c1-3-22-16-9-12-7-8-25-17(12)11-15(16)18(20(22)24)19(23)21-13-5-4-6-14(10-13)26-2/h4-6,9-11,18H,3,7-8H2,1-2H3,(H,21,23). The molecule has 0 saturated carbocycles. The maximum absolute atomic E-state index is 12.9. The summed E-state index contributed by atoms with van der Waals surface area (Å²) in [4.78, 5) is 28.6. The highest BCUT2D eigenvalue weighted by molar-refractivity contribution is 7.98. The van der Waals surface area contributed by atoms with E-state index in [1.165, 1.54) is 0 Å². The minimum Gasteiger partial charge on any atom is -0.493 e. The van der Waals surface area contributed by atoms with Gasteiger partial charge in [-0.05, 0) is 49.1 Å². The zero-order chi connectivity index (χ0) is 18.3. The predicted octanol–water partition coefficient (Wildman–Crippen LogP) is 3.43. The van der Waals surface area contributed by atoms with E-state index >= 15 is 0 Å². The van der Waals surface area contributed by atoms with Crippen LogP contribution >= 0.6 is 11.8 Å². The van der Waals surface area contributed by atoms with Crippen molar-refractivity contribution >= 4 is 35.0 Å². The summed E-state index contributed by atoms with van der Waals surface area (Å²) >= 11 is 1.61. The molecule has 0 fully saturated rings. The van der Waals surface area contributed by atoms with E-state index in [4.69, 9.17) is 4.74 Å². The van der Waals surface area contributed by atoms with Gasteiger partial charge in [0.2, 0.25) is 11.8 Å². The Morgan fingerprint density at radius 2 is 2.19 bits per heavy atom. The first kappa shape index (κ1) is 17.0. The van der Waals surface area contributed by atoms with Crippen LogP contribution in [0.1, 0.15) is 24.0 Å². The zero-order valence-corrected chi connectivity index (χ0v) is 15.6. The lowest BCUT2D eigenvalue weighted by atomic mass is 9.97. The number of nitrogens with one attached hydrogen (secondary N) is 1. The van der Waals surface area contributed by atoms with Crippen LogP contribution in [0.2, 0.25) is 0 Å². The number of amides is 2. The summed E-state index contributed by atoms with van der Waals surface area (Å²) in [5.74, 6) is -0.526. The lowest BCUT2D eigenvalue weighted by Gasteiger charge is -2.15. The number of hydrogen-bond acceptors (Lipinski definition) is 4. The van der Waals surface area contributed by atoms with Crippen molar-refractivity contribution < 1.29 is 14.3 Å². The summed E-state index contributed by atoms with van der Waals surface area (Å²) in [5.41, 5.74) is 3.36. The van der Waals surface area contributed by atoms with E-state index in [0.29, 0.717) is 18.8 Å². The monoisotopic (exact) mass is 368 g/mol. The van der Waals surface area contributed by atoms with Crippen LogP contribution in [0.15, 0.2) is 41.3 Å². The summed E-state index contributed by atoms with van der Waals surface area (Å²) in [6, 6.07) is 11.5. The molecule has 2 aromatic carbocycles. The molecule has 26 heavy (non-hydrogen) atoms. The van der Waals surface area contributed by atoms with Crippen molar-refractivity contribution in [2.75, 3.05) is 29.6 Å². The fourth-order valence-electron chi connectivity index (χ4n) is 3.60. The molecule has 1 N–H and O–H groups in total. The molecule has 0 saturated heterocycles. The highest BCUT2D eigenvalue weighted by Gasteiger charge is 2.42. The minimum atomic E-state index is -0.836. The molecule has 1 unspecified atom stereocenters. The van der Waals surface area contributed by atoms with E-state index in [2.05, 4.69) is 5.32 Å². The number of likely N-dealkylation sites (N-methyl/N-ethyl adjacent to an activating group) is 1. The van der Waals surface area contributed by atoms with Gasteiger partial charge in [0.1, 0.15) is 11.7 Å². The number of hydrogen-bond donors (Lipinski definition) is 1. The van der Waals surface area contributed by atoms with E-state index in [1.807, 2.05) is 49.6 Å². The second kappa shape index (κ2) is 6.68. The molecule has 2 aromatic rings. The Bertz CT molecular complexity index is 897. The van der Waals surface area contributed by atoms with Crippen molar-refractivity contribution in [3.8, 4) is 5.75 Å². The number of rotatable bonds is 4. The molecule has 5 nitrogen and oxygen atoms in total. The average molecular weight is 368 g/mol. The number of thioether (sulfide) groups is 1. The molecular formula is C20H20N2O3S. The SMILES string of the molecule is CCN1C(=O)C(C(=O)Nc2cccc(SC)c2)c2cc3c(cc21)CCO3. The van der Waals surface area contributed by atoms with Crippen molar-refractivity contribution in [1.82, 2.24) is 0 Å². The van der Waals surface area contributed by atoms with Gasteiger partial charge in [-0.2, -0.15) is 0 Å². The highest BCUT2D eigenvalue weighted by Crippen LogP contribution is 2.43. The van der Waals surface area contributed by atoms with E-state index < -0.39 is 5.92 Å². The van der Waals surface area contributed by atoms with Crippen molar-refractivity contribution in [3.05, 3.63) is 47.5 Å². The van der Waals surface area contributed by atoms with Crippen LogP contribution in [0.4, 0.5) is 11.4 Å². The normalized spacial score (nSPS) is 17.7. The van der Waals surface area contributed by atoms with Crippen molar-refractivity contribution in [1.29, 1.82) is 0 Å². The molecule has 6 heteroatoms. The zero-order valence-electron chi connectivity index (χ0n) is 14.7. The first-order chi connectivity index (χ1) is 12.6. The molecule has 4 rings (SSSR count). The predicted molar refractivity (Wildman–Crippen MR) is 103 cm³/mol. The Balaban J connectivity index is 1.68. The number of benzene rings is 2. The van der Waals surface area contributed by atoms with Gasteiger partial charge in [-0.25, -0.2) is 0 Å². The van der Waals surface area contributed by atoms with Crippen LogP contribution < -0.4 is 15.0 Å². The summed E-state index contributed by atoms with van der Waals surface area (Å²) in [5, 5.41) is 2.90. The maximum atomic E-state index is 12.9. The first-order valence-electron chi connectivity index (χ1n) is 8.68. The Hall–Kier alpha value is -2.47. The van der Waals surface area contributed by atoms with Crippen molar-refractivity contribution in [2.45, 2.75) is 24.2 Å². The average Bonchev–Trinajstić information content (AvgIpc) is 3.20. The Labute approximate surface area is 156 Å². The number of fused-ring (bicyclic) bond motifs is 2. The summed E-state index contributed by atoms with van der Waals surface area (Å²) in [6.45, 7) is 3.11. The Morgan fingerprint density at radius 3 is 2.96 bits per heavy atom. The number of carbonyl (C=O) groups excluding carboxylic acids is 2. The number of carbonyl (C=O) groups is 2. The lowest BCUT2D eigenvalue weighted by molar-refractivity contribution is -0.126. The van der Waals surface area contributed by atoms with Gasteiger partial charge in [-0.1, -0.05) is 6.07 Å². The maximum Gasteiger partial charge on any atom is 0.244 e. The van der Waals surface area contributed by atoms with Gasteiger partial charge < -0.3 is 15.0 Å². The smallest absolute Gasteiger partial charge is 0.244 e. The van der Waals surface area contributed by atoms with Gasteiger partial charge in [0, 0.05) is 34.8 Å². The van der Waals surface area contributed by atoms with Crippen LogP contribution in [0, 0.1) is 0 Å². The second-order valence-electron chi connectivity index (χ2n) is 6.35. The van der Waals surface area contributed by atoms with Crippen LogP contribution in [-0.4, -0.2) is 31.2 Å². The topological polar surface area (TPSA) is 58.6 Å². The Morgan fingerprint density at radius 1 is 1.35 bits per heavy atom. The van der Waals surface area contributed by atoms with Gasteiger partial charge in [0.05, 0.1) is 6.61 Å². The number of nitrogens with zero attached hydrogens (tertiary/aromatic N) is 1. The van der Waals surface area contributed by atoms with Crippen LogP contribution in [-0.2, 0) is 16.0 Å². The Kier molecular flexibility index (Phi) is 4.36. The number of anilines is 2. The molecule has 0 bridgehead atoms. The molecular weight excluding hydrogens is 348 g/mol. The molecule has 0 spiro atoms. The third-order valence-electron chi connectivity index (χ3n) is 4.87. The summed E-state index contributed by atoms with van der Waals surface area (Å²) in [6.07, 6.45) is 2.82. The van der Waals surface area contributed by atoms with E-state index in [0.717, 1.165) is 33.9 Å². The van der Waals surface area contributed by atoms with Crippen LogP contribution in [0.3, 0.4) is 0 Å². The van der Waals surface area contributed by atoms with Gasteiger partial charge >= 0.3 is 0 Å². The van der Waals surface area contributed by atoms with E-state index in [-0.39, 0.29) is 11.8 Å². The third kappa shape index (κ3) is 2.74. The molecule has 2 aliphatic heterocycles. The van der Waals surface area contributed by atoms with Crippen molar-refractivity contribution in [3.63, 3.8) is 0 Å². The molecule has 1 atom stereocenters. The fourth-order valence-corrected chi connectivity index (χ4v) is 4.05. The van der Waals surface area contributed by atoms with Crippen molar-refractivity contribution in [2.24, 2.45) is 0 Å². The van der Waals surface area contributed by atoms with Gasteiger partial charge in [0.25, 0.3) is 0 Å². The highest BCUT2D eigenvalue weighted by atomic mass is 32.2. The second-order valence-corrected chi connectivity index (χ2v) is 7.23. The summed E-state index contributed by atoms with van der Waals surface area (Å²) < 4.78 is 5.64. The largest absolute Gasteiger partial charge is 0.493 e. The van der Waals surface area contributed by atoms with Gasteiger partial charge in [-0.3, -0.25) is 9.59 Å². The summed E-state index contributed by atoms with van der Waals surface area (Å²) in [7, 11) is 0. The molecule has 2 heterocycles. The molecule has 0 aromatic heterocycles. The third-order valence-corrected chi connectivity index (χ3v) is 5.59. The molecule has 0 aliphatic carbocycles. The van der Waals surface area contributed by atoms with E-state index in [1.54, 1.807) is 16.7 Å². The van der Waals surface area contributed by atoms with Crippen LogP contribution in [0.25, 0.3) is 0 Å². The number of ether oxygens (including phenoxy) is 1. The van der Waals surface area contributed by atoms with Gasteiger partial charge in [-0.15, -0.1) is 11.8 Å². The first-order valence-corrected chi connectivity index (χ1v) is 9.90. The molecule has 2 aliphatic rings.